The Morgan fingerprint density at radius 2 is 2.21 bits per heavy atom. The quantitative estimate of drug-likeness (QED) is 0.680. The number of thioether (sulfide) groups is 1. The molecule has 0 aromatic heterocycles. The Bertz CT molecular complexity index is 409. The van der Waals surface area contributed by atoms with Gasteiger partial charge in [-0.25, -0.2) is 0 Å². The highest BCUT2D eigenvalue weighted by molar-refractivity contribution is 8.00. The van der Waals surface area contributed by atoms with E-state index in [0.29, 0.717) is 11.3 Å². The van der Waals surface area contributed by atoms with E-state index in [1.807, 2.05) is 18.0 Å². The molecule has 1 heterocycles. The maximum atomic E-state index is 4.50. The summed E-state index contributed by atoms with van der Waals surface area (Å²) >= 11 is 1.93. The zero-order valence-corrected chi connectivity index (χ0v) is 8.58. The predicted octanol–water partition coefficient (Wildman–Crippen LogP) is 2.94. The first-order chi connectivity index (χ1) is 6.95. The van der Waals surface area contributed by atoms with E-state index in [2.05, 4.69) is 41.4 Å². The number of hydrogen-bond acceptors (Lipinski definition) is 2. The first-order valence-corrected chi connectivity index (χ1v) is 5.90. The Labute approximate surface area is 87.9 Å². The summed E-state index contributed by atoms with van der Waals surface area (Å²) in [6.07, 6.45) is 6.53. The summed E-state index contributed by atoms with van der Waals surface area (Å²) in [6, 6.07) is 8.60. The minimum atomic E-state index is 0.412. The molecule has 0 spiro atoms. The van der Waals surface area contributed by atoms with Crippen LogP contribution in [-0.4, -0.2) is 17.3 Å². The van der Waals surface area contributed by atoms with Crippen LogP contribution in [0.15, 0.2) is 35.3 Å². The second-order valence-corrected chi connectivity index (χ2v) is 4.72. The van der Waals surface area contributed by atoms with Crippen LogP contribution < -0.4 is 0 Å². The van der Waals surface area contributed by atoms with Gasteiger partial charge in [-0.3, -0.25) is 4.99 Å². The molecular weight excluding hydrogens is 190 g/mol. The van der Waals surface area contributed by atoms with Gasteiger partial charge >= 0.3 is 0 Å². The number of nitrogens with zero attached hydrogens (tertiary/aromatic N) is 1. The predicted molar refractivity (Wildman–Crippen MR) is 63.0 cm³/mol. The van der Waals surface area contributed by atoms with Crippen LogP contribution in [0.1, 0.15) is 17.0 Å². The second kappa shape index (κ2) is 3.28. The molecule has 0 fully saturated rings. The molecule has 14 heavy (non-hydrogen) atoms. The van der Waals surface area contributed by atoms with Crippen LogP contribution in [0.25, 0.3) is 6.08 Å². The minimum Gasteiger partial charge on any atom is -0.282 e. The van der Waals surface area contributed by atoms with E-state index in [-0.39, 0.29) is 0 Å². The van der Waals surface area contributed by atoms with Crippen LogP contribution in [0.5, 0.6) is 0 Å². The topological polar surface area (TPSA) is 12.4 Å². The van der Waals surface area contributed by atoms with Gasteiger partial charge in [-0.1, -0.05) is 36.4 Å². The zero-order valence-electron chi connectivity index (χ0n) is 7.76. The molecule has 1 nitrogen and oxygen atoms in total. The molecule has 70 valence electrons. The largest absolute Gasteiger partial charge is 0.282 e. The van der Waals surface area contributed by atoms with Gasteiger partial charge in [-0.05, 0) is 11.1 Å². The van der Waals surface area contributed by atoms with Gasteiger partial charge in [0, 0.05) is 17.9 Å². The second-order valence-electron chi connectivity index (χ2n) is 3.57. The van der Waals surface area contributed by atoms with E-state index in [1.165, 1.54) is 11.1 Å². The summed E-state index contributed by atoms with van der Waals surface area (Å²) in [6.45, 7) is 0. The Morgan fingerprint density at radius 3 is 3.07 bits per heavy atom. The lowest BCUT2D eigenvalue weighted by Crippen LogP contribution is -2.06. The van der Waals surface area contributed by atoms with Crippen LogP contribution >= 0.6 is 11.8 Å². The number of aliphatic imine (C=N–C) groups is 1. The van der Waals surface area contributed by atoms with Crippen molar-refractivity contribution in [3.05, 3.63) is 41.5 Å². The molecular formula is C12H11NS. The van der Waals surface area contributed by atoms with Gasteiger partial charge in [0.2, 0.25) is 0 Å². The van der Waals surface area contributed by atoms with Crippen molar-refractivity contribution in [1.82, 2.24) is 0 Å². The van der Waals surface area contributed by atoms with Crippen molar-refractivity contribution < 1.29 is 0 Å². The van der Waals surface area contributed by atoms with Gasteiger partial charge < -0.3 is 0 Å². The SMILES string of the molecule is C1=CC(C2N=CCS2)c2ccccc21. The van der Waals surface area contributed by atoms with Gasteiger partial charge in [0.05, 0.1) is 0 Å². The van der Waals surface area contributed by atoms with Crippen LogP contribution in [-0.2, 0) is 0 Å². The highest BCUT2D eigenvalue weighted by Gasteiger charge is 2.26. The lowest BCUT2D eigenvalue weighted by atomic mass is 10.0. The summed E-state index contributed by atoms with van der Waals surface area (Å²) in [5, 5.41) is 0.412. The maximum absolute atomic E-state index is 4.50. The number of benzene rings is 1. The van der Waals surface area contributed by atoms with Gasteiger partial charge in [-0.2, -0.15) is 0 Å². The van der Waals surface area contributed by atoms with E-state index < -0.39 is 0 Å². The molecule has 2 aliphatic rings. The van der Waals surface area contributed by atoms with E-state index >= 15 is 0 Å². The first kappa shape index (κ1) is 8.30. The van der Waals surface area contributed by atoms with Gasteiger partial charge in [0.15, 0.2) is 0 Å². The fraction of sp³-hybridized carbons (Fsp3) is 0.250. The smallest absolute Gasteiger partial charge is 0.105 e. The van der Waals surface area contributed by atoms with Crippen molar-refractivity contribution in [3.8, 4) is 0 Å². The fourth-order valence-corrected chi connectivity index (χ4v) is 3.04. The van der Waals surface area contributed by atoms with Crippen molar-refractivity contribution in [2.45, 2.75) is 11.3 Å². The monoisotopic (exact) mass is 201 g/mol. The summed E-state index contributed by atoms with van der Waals surface area (Å²) in [5.74, 6) is 1.56. The summed E-state index contributed by atoms with van der Waals surface area (Å²) in [4.78, 5) is 4.50. The fourth-order valence-electron chi connectivity index (χ4n) is 2.05. The van der Waals surface area contributed by atoms with Crippen LogP contribution in [0.2, 0.25) is 0 Å². The van der Waals surface area contributed by atoms with E-state index in [0.717, 1.165) is 5.75 Å². The summed E-state index contributed by atoms with van der Waals surface area (Å²) < 4.78 is 0. The van der Waals surface area contributed by atoms with Gasteiger partial charge in [0.25, 0.3) is 0 Å². The molecule has 2 unspecified atom stereocenters. The molecule has 0 N–H and O–H groups in total. The number of rotatable bonds is 1. The van der Waals surface area contributed by atoms with E-state index in [4.69, 9.17) is 0 Å². The summed E-state index contributed by atoms with van der Waals surface area (Å²) in [7, 11) is 0. The van der Waals surface area contributed by atoms with Crippen molar-refractivity contribution in [2.75, 3.05) is 5.75 Å². The Hall–Kier alpha value is -1.02. The van der Waals surface area contributed by atoms with Crippen LogP contribution in [0.4, 0.5) is 0 Å². The van der Waals surface area contributed by atoms with Gasteiger partial charge in [0.1, 0.15) is 5.37 Å². The first-order valence-electron chi connectivity index (χ1n) is 4.85. The minimum absolute atomic E-state index is 0.412. The third-order valence-corrected chi connectivity index (χ3v) is 3.84. The molecule has 3 rings (SSSR count). The highest BCUT2D eigenvalue weighted by Crippen LogP contribution is 2.39. The molecule has 1 aromatic carbocycles. The highest BCUT2D eigenvalue weighted by atomic mass is 32.2. The number of fused-ring (bicyclic) bond motifs is 1. The van der Waals surface area contributed by atoms with Crippen molar-refractivity contribution in [1.29, 1.82) is 0 Å². The maximum Gasteiger partial charge on any atom is 0.105 e. The zero-order chi connectivity index (χ0) is 9.38. The molecule has 1 aliphatic heterocycles. The summed E-state index contributed by atoms with van der Waals surface area (Å²) in [5.41, 5.74) is 2.80. The lowest BCUT2D eigenvalue weighted by Gasteiger charge is -2.15. The third-order valence-electron chi connectivity index (χ3n) is 2.74. The van der Waals surface area contributed by atoms with E-state index in [9.17, 15) is 0 Å². The number of hydrogen-bond donors (Lipinski definition) is 0. The van der Waals surface area contributed by atoms with Crippen LogP contribution in [0, 0.1) is 0 Å². The molecule has 0 bridgehead atoms. The van der Waals surface area contributed by atoms with Gasteiger partial charge in [-0.15, -0.1) is 11.8 Å². The average Bonchev–Trinajstić information content (AvgIpc) is 2.85. The lowest BCUT2D eigenvalue weighted by molar-refractivity contribution is 0.819. The van der Waals surface area contributed by atoms with Crippen molar-refractivity contribution >= 4 is 24.1 Å². The Kier molecular flexibility index (Phi) is 1.95. The van der Waals surface area contributed by atoms with Crippen molar-refractivity contribution in [3.63, 3.8) is 0 Å². The average molecular weight is 201 g/mol. The molecule has 0 saturated heterocycles. The van der Waals surface area contributed by atoms with E-state index in [1.54, 1.807) is 0 Å². The Balaban J connectivity index is 1.97. The Morgan fingerprint density at radius 1 is 1.29 bits per heavy atom. The molecule has 0 saturated carbocycles. The molecule has 2 heteroatoms. The van der Waals surface area contributed by atoms with Crippen molar-refractivity contribution in [2.24, 2.45) is 4.99 Å². The molecule has 1 aromatic rings. The molecule has 0 amide bonds. The molecule has 2 atom stereocenters. The normalized spacial score (nSPS) is 28.3. The standard InChI is InChI=1S/C12H11NS/c1-2-4-10-9(3-1)5-6-11(10)12-13-7-8-14-12/h1-7,11-12H,8H2. The van der Waals surface area contributed by atoms with Crippen LogP contribution in [0.3, 0.4) is 0 Å². The molecule has 1 aliphatic carbocycles. The molecule has 0 radical (unpaired) electrons. The third kappa shape index (κ3) is 1.22.